The van der Waals surface area contributed by atoms with Crippen molar-refractivity contribution in [3.05, 3.63) is 0 Å². The van der Waals surface area contributed by atoms with E-state index < -0.39 is 32.0 Å². The van der Waals surface area contributed by atoms with Gasteiger partial charge in [0.15, 0.2) is 0 Å². The molecule has 0 aromatic carbocycles. The minimum atomic E-state index is -4.88. The van der Waals surface area contributed by atoms with Gasteiger partial charge in [0, 0.05) is 0 Å². The predicted octanol–water partition coefficient (Wildman–Crippen LogP) is -0.415. The van der Waals surface area contributed by atoms with E-state index in [0.29, 0.717) is 0 Å². The van der Waals surface area contributed by atoms with E-state index in [2.05, 4.69) is 0 Å². The molecule has 0 saturated carbocycles. The topological polar surface area (TPSA) is 68.3 Å². The molecule has 0 rings (SSSR count). The third kappa shape index (κ3) is 7.76. The van der Waals surface area contributed by atoms with Crippen molar-refractivity contribution in [1.82, 2.24) is 0 Å². The first-order valence-electron chi connectivity index (χ1n) is 2.05. The molecule has 8 heteroatoms. The van der Waals surface area contributed by atoms with Gasteiger partial charge in [-0.2, -0.15) is 16.8 Å². The number of hydrogen-bond donors (Lipinski definition) is 0. The van der Waals surface area contributed by atoms with Crippen molar-refractivity contribution in [3.8, 4) is 0 Å². The molecular formula is C2H4F2O4S2. The summed E-state index contributed by atoms with van der Waals surface area (Å²) >= 11 is 0. The second-order valence-corrected chi connectivity index (χ2v) is 4.46. The molecule has 0 aromatic heterocycles. The highest BCUT2D eigenvalue weighted by atomic mass is 32.3. The SMILES string of the molecule is O=S(=O)(F)CCS(=O)(=O)F. The summed E-state index contributed by atoms with van der Waals surface area (Å²) in [5, 5.41) is 0. The summed E-state index contributed by atoms with van der Waals surface area (Å²) < 4.78 is 61.2. The van der Waals surface area contributed by atoms with Crippen molar-refractivity contribution in [1.29, 1.82) is 0 Å². The molecule has 4 nitrogen and oxygen atoms in total. The molecule has 10 heavy (non-hydrogen) atoms. The van der Waals surface area contributed by atoms with Crippen LogP contribution in [0.15, 0.2) is 0 Å². The molecule has 0 spiro atoms. The first-order chi connectivity index (χ1) is 4.21. The summed E-state index contributed by atoms with van der Waals surface area (Å²) in [6, 6.07) is 0. The molecular weight excluding hydrogens is 190 g/mol. The molecule has 0 bridgehead atoms. The van der Waals surface area contributed by atoms with E-state index in [1.165, 1.54) is 0 Å². The highest BCUT2D eigenvalue weighted by Gasteiger charge is 2.14. The smallest absolute Gasteiger partial charge is 0.195 e. The van der Waals surface area contributed by atoms with E-state index in [9.17, 15) is 24.6 Å². The van der Waals surface area contributed by atoms with Gasteiger partial charge in [0.25, 0.3) is 0 Å². The number of hydrogen-bond acceptors (Lipinski definition) is 4. The van der Waals surface area contributed by atoms with Crippen molar-refractivity contribution in [2.24, 2.45) is 0 Å². The van der Waals surface area contributed by atoms with E-state index in [4.69, 9.17) is 0 Å². The zero-order chi connectivity index (χ0) is 8.41. The van der Waals surface area contributed by atoms with E-state index in [-0.39, 0.29) is 0 Å². The Morgan fingerprint density at radius 3 is 1.10 bits per heavy atom. The lowest BCUT2D eigenvalue weighted by atomic mass is 11.0. The monoisotopic (exact) mass is 194 g/mol. The lowest BCUT2D eigenvalue weighted by Gasteiger charge is -1.88. The maximum absolute atomic E-state index is 11.5. The summed E-state index contributed by atoms with van der Waals surface area (Å²) in [5.41, 5.74) is 0. The van der Waals surface area contributed by atoms with Crippen molar-refractivity contribution in [3.63, 3.8) is 0 Å². The van der Waals surface area contributed by atoms with Crippen LogP contribution in [-0.4, -0.2) is 28.3 Å². The summed E-state index contributed by atoms with van der Waals surface area (Å²) in [7, 11) is -9.75. The molecule has 0 aliphatic carbocycles. The Balaban J connectivity index is 4.05. The molecule has 0 aliphatic heterocycles. The fraction of sp³-hybridized carbons (Fsp3) is 1.00. The van der Waals surface area contributed by atoms with E-state index in [1.54, 1.807) is 0 Å². The molecule has 0 atom stereocenters. The molecule has 0 aliphatic rings. The van der Waals surface area contributed by atoms with Gasteiger partial charge in [-0.3, -0.25) is 0 Å². The summed E-state index contributed by atoms with van der Waals surface area (Å²) in [6.07, 6.45) is 0. The molecule has 0 saturated heterocycles. The predicted molar refractivity (Wildman–Crippen MR) is 29.8 cm³/mol. The van der Waals surface area contributed by atoms with E-state index >= 15 is 0 Å². The molecule has 0 N–H and O–H groups in total. The van der Waals surface area contributed by atoms with Gasteiger partial charge in [-0.25, -0.2) is 0 Å². The maximum Gasteiger partial charge on any atom is 0.303 e. The molecule has 0 unspecified atom stereocenters. The van der Waals surface area contributed by atoms with Crippen LogP contribution in [0.4, 0.5) is 7.77 Å². The average molecular weight is 194 g/mol. The van der Waals surface area contributed by atoms with Crippen LogP contribution in [0.25, 0.3) is 0 Å². The molecule has 0 fully saturated rings. The van der Waals surface area contributed by atoms with Gasteiger partial charge in [-0.15, -0.1) is 7.77 Å². The van der Waals surface area contributed by atoms with E-state index in [1.807, 2.05) is 0 Å². The second-order valence-electron chi connectivity index (χ2n) is 1.49. The van der Waals surface area contributed by atoms with Gasteiger partial charge in [0.05, 0.1) is 11.5 Å². The Kier molecular flexibility index (Phi) is 2.72. The first-order valence-corrected chi connectivity index (χ1v) is 5.16. The van der Waals surface area contributed by atoms with Gasteiger partial charge in [-0.05, 0) is 0 Å². The van der Waals surface area contributed by atoms with Gasteiger partial charge in [0.1, 0.15) is 0 Å². The zero-order valence-corrected chi connectivity index (χ0v) is 6.25. The molecule has 0 radical (unpaired) electrons. The Bertz CT molecular complexity index is 255. The molecule has 0 amide bonds. The Morgan fingerprint density at radius 2 is 1.00 bits per heavy atom. The van der Waals surface area contributed by atoms with Gasteiger partial charge in [0.2, 0.25) is 0 Å². The van der Waals surface area contributed by atoms with Gasteiger partial charge < -0.3 is 0 Å². The third-order valence-electron chi connectivity index (χ3n) is 0.571. The molecule has 62 valence electrons. The Morgan fingerprint density at radius 1 is 0.800 bits per heavy atom. The fourth-order valence-electron chi connectivity index (χ4n) is 0.199. The normalized spacial score (nSPS) is 13.4. The maximum atomic E-state index is 11.5. The van der Waals surface area contributed by atoms with Crippen LogP contribution in [0, 0.1) is 0 Å². The van der Waals surface area contributed by atoms with Crippen LogP contribution in [0.1, 0.15) is 0 Å². The van der Waals surface area contributed by atoms with Gasteiger partial charge in [-0.1, -0.05) is 0 Å². The first kappa shape index (κ1) is 9.76. The molecule has 0 heterocycles. The minimum absolute atomic E-state index is 1.33. The van der Waals surface area contributed by atoms with Gasteiger partial charge >= 0.3 is 20.4 Å². The Hall–Kier alpha value is -0.240. The van der Waals surface area contributed by atoms with E-state index in [0.717, 1.165) is 0 Å². The standard InChI is InChI=1S/C2H4F2O4S2/c3-9(5,6)1-2-10(4,7)8/h1-2H2. The Labute approximate surface area is 57.3 Å². The minimum Gasteiger partial charge on any atom is -0.195 e. The third-order valence-corrected chi connectivity index (χ3v) is 2.21. The second kappa shape index (κ2) is 2.79. The number of halogens is 2. The fourth-order valence-corrected chi connectivity index (χ4v) is 1.79. The van der Waals surface area contributed by atoms with Crippen LogP contribution in [0.5, 0.6) is 0 Å². The van der Waals surface area contributed by atoms with Crippen molar-refractivity contribution in [2.45, 2.75) is 0 Å². The highest BCUT2D eigenvalue weighted by Crippen LogP contribution is 1.96. The molecule has 0 aromatic rings. The van der Waals surface area contributed by atoms with Crippen LogP contribution in [0.3, 0.4) is 0 Å². The quantitative estimate of drug-likeness (QED) is 0.572. The average Bonchev–Trinajstić information content (AvgIpc) is 1.57. The van der Waals surface area contributed by atoms with Crippen molar-refractivity contribution >= 4 is 20.4 Å². The summed E-state index contributed by atoms with van der Waals surface area (Å²) in [4.78, 5) is 0. The van der Waals surface area contributed by atoms with Crippen LogP contribution in [-0.2, 0) is 20.4 Å². The largest absolute Gasteiger partial charge is 0.303 e. The lowest BCUT2D eigenvalue weighted by molar-refractivity contribution is 0.541. The summed E-state index contributed by atoms with van der Waals surface area (Å²) in [5.74, 6) is -2.66. The number of rotatable bonds is 3. The highest BCUT2D eigenvalue weighted by molar-refractivity contribution is 7.90. The lowest BCUT2D eigenvalue weighted by Crippen LogP contribution is -2.09. The summed E-state index contributed by atoms with van der Waals surface area (Å²) in [6.45, 7) is 0. The van der Waals surface area contributed by atoms with Crippen LogP contribution < -0.4 is 0 Å². The van der Waals surface area contributed by atoms with Crippen LogP contribution >= 0.6 is 0 Å². The zero-order valence-electron chi connectivity index (χ0n) is 4.62. The van der Waals surface area contributed by atoms with Crippen molar-refractivity contribution < 1.29 is 24.6 Å². The van der Waals surface area contributed by atoms with Crippen LogP contribution in [0.2, 0.25) is 0 Å². The van der Waals surface area contributed by atoms with Crippen molar-refractivity contribution in [2.75, 3.05) is 11.5 Å².